The highest BCUT2D eigenvalue weighted by Crippen LogP contribution is 2.24. The number of thiazole rings is 1. The van der Waals surface area contributed by atoms with Crippen LogP contribution in [0.25, 0.3) is 0 Å². The largest absolute Gasteiger partial charge is 0.382 e. The molecule has 0 aliphatic rings. The van der Waals surface area contributed by atoms with Crippen molar-refractivity contribution in [2.75, 3.05) is 30.1 Å². The lowest BCUT2D eigenvalue weighted by Gasteiger charge is -2.12. The summed E-state index contributed by atoms with van der Waals surface area (Å²) in [4.78, 5) is 16.3. The highest BCUT2D eigenvalue weighted by molar-refractivity contribution is 7.84. The lowest BCUT2D eigenvalue weighted by atomic mass is 10.2. The molecule has 4 N–H and O–H groups in total. The van der Waals surface area contributed by atoms with E-state index in [0.29, 0.717) is 22.2 Å². The number of amides is 1. The van der Waals surface area contributed by atoms with Crippen LogP contribution < -0.4 is 16.4 Å². The van der Waals surface area contributed by atoms with Crippen LogP contribution >= 0.6 is 11.3 Å². The van der Waals surface area contributed by atoms with Crippen molar-refractivity contribution >= 4 is 39.0 Å². The van der Waals surface area contributed by atoms with E-state index in [0.717, 1.165) is 0 Å². The summed E-state index contributed by atoms with van der Waals surface area (Å²) in [7, 11) is 0.878. The van der Waals surface area contributed by atoms with Crippen LogP contribution in [0.5, 0.6) is 0 Å². The number of aromatic nitrogens is 1. The molecule has 0 bridgehead atoms. The molecule has 102 valence electrons. The van der Waals surface area contributed by atoms with Gasteiger partial charge < -0.3 is 16.4 Å². The third-order valence-corrected chi connectivity index (χ3v) is 4.19. The first-order valence-electron chi connectivity index (χ1n) is 5.49. The molecule has 0 saturated heterocycles. The molecule has 2 unspecified atom stereocenters. The van der Waals surface area contributed by atoms with Gasteiger partial charge in [-0.05, 0) is 13.3 Å². The second kappa shape index (κ2) is 6.69. The minimum Gasteiger partial charge on any atom is -0.382 e. The molecule has 0 aromatic carbocycles. The highest BCUT2D eigenvalue weighted by Gasteiger charge is 2.17. The lowest BCUT2D eigenvalue weighted by Crippen LogP contribution is -2.33. The quantitative estimate of drug-likeness (QED) is 0.715. The van der Waals surface area contributed by atoms with E-state index in [4.69, 9.17) is 5.73 Å². The smallest absolute Gasteiger partial charge is 0.265 e. The van der Waals surface area contributed by atoms with Gasteiger partial charge in [-0.1, -0.05) is 11.3 Å². The SMILES string of the molecule is CNc1nc(N)c(C(=O)NC(C)CCS(C)=O)s1. The fourth-order valence-electron chi connectivity index (χ4n) is 1.31. The molecule has 1 rings (SSSR count). The van der Waals surface area contributed by atoms with Crippen LogP contribution in [0.3, 0.4) is 0 Å². The molecule has 0 fully saturated rings. The molecule has 0 aliphatic heterocycles. The molecule has 1 heterocycles. The summed E-state index contributed by atoms with van der Waals surface area (Å²) in [5.41, 5.74) is 5.67. The maximum Gasteiger partial charge on any atom is 0.265 e. The molecule has 8 heteroatoms. The highest BCUT2D eigenvalue weighted by atomic mass is 32.2. The molecule has 0 spiro atoms. The van der Waals surface area contributed by atoms with Gasteiger partial charge in [-0.15, -0.1) is 0 Å². The number of carbonyl (C=O) groups excluding carboxylic acids is 1. The van der Waals surface area contributed by atoms with E-state index in [2.05, 4.69) is 15.6 Å². The number of nitrogens with two attached hydrogens (primary N) is 1. The zero-order valence-corrected chi connectivity index (χ0v) is 12.3. The third kappa shape index (κ3) is 4.26. The zero-order chi connectivity index (χ0) is 13.7. The summed E-state index contributed by atoms with van der Waals surface area (Å²) in [5.74, 6) is 0.565. The van der Waals surface area contributed by atoms with E-state index >= 15 is 0 Å². The summed E-state index contributed by atoms with van der Waals surface area (Å²) in [6, 6.07) is -0.0408. The van der Waals surface area contributed by atoms with Crippen molar-refractivity contribution in [3.63, 3.8) is 0 Å². The molecule has 0 aliphatic carbocycles. The number of nitrogen functional groups attached to an aromatic ring is 1. The van der Waals surface area contributed by atoms with Crippen molar-refractivity contribution in [1.29, 1.82) is 0 Å². The average molecular weight is 290 g/mol. The van der Waals surface area contributed by atoms with E-state index in [1.165, 1.54) is 11.3 Å². The summed E-state index contributed by atoms with van der Waals surface area (Å²) in [6.45, 7) is 1.88. The number of hydrogen-bond donors (Lipinski definition) is 3. The summed E-state index contributed by atoms with van der Waals surface area (Å²) in [5, 5.41) is 6.27. The van der Waals surface area contributed by atoms with E-state index in [-0.39, 0.29) is 17.8 Å². The summed E-state index contributed by atoms with van der Waals surface area (Å²) in [6.07, 6.45) is 2.32. The van der Waals surface area contributed by atoms with Gasteiger partial charge in [-0.2, -0.15) is 0 Å². The monoisotopic (exact) mass is 290 g/mol. The van der Waals surface area contributed by atoms with Crippen LogP contribution in [0.15, 0.2) is 0 Å². The fourth-order valence-corrected chi connectivity index (χ4v) is 2.73. The van der Waals surface area contributed by atoms with E-state index in [1.54, 1.807) is 13.3 Å². The van der Waals surface area contributed by atoms with Gasteiger partial charge in [0.1, 0.15) is 10.7 Å². The van der Waals surface area contributed by atoms with Crippen molar-refractivity contribution in [2.24, 2.45) is 0 Å². The van der Waals surface area contributed by atoms with Crippen molar-refractivity contribution in [3.8, 4) is 0 Å². The molecule has 1 aromatic rings. The van der Waals surface area contributed by atoms with Crippen LogP contribution in [0.1, 0.15) is 23.0 Å². The van der Waals surface area contributed by atoms with Crippen LogP contribution in [-0.2, 0) is 10.8 Å². The Hall–Kier alpha value is -1.15. The van der Waals surface area contributed by atoms with Gasteiger partial charge in [-0.3, -0.25) is 9.00 Å². The van der Waals surface area contributed by atoms with Gasteiger partial charge in [0.25, 0.3) is 5.91 Å². The minimum absolute atomic E-state index is 0.0408. The Morgan fingerprint density at radius 3 is 2.78 bits per heavy atom. The maximum absolute atomic E-state index is 11.9. The van der Waals surface area contributed by atoms with Crippen LogP contribution in [-0.4, -0.2) is 40.2 Å². The summed E-state index contributed by atoms with van der Waals surface area (Å²) >= 11 is 1.21. The molecule has 1 aromatic heterocycles. The Morgan fingerprint density at radius 2 is 2.28 bits per heavy atom. The first-order valence-corrected chi connectivity index (χ1v) is 8.03. The first-order chi connectivity index (χ1) is 8.43. The number of anilines is 2. The standard InChI is InChI=1S/C10H18N4O2S2/c1-6(4-5-18(3)16)13-9(15)7-8(11)14-10(12-2)17-7/h6H,4-5,11H2,1-3H3,(H,12,14)(H,13,15). The molecule has 18 heavy (non-hydrogen) atoms. The molecule has 2 atom stereocenters. The fraction of sp³-hybridized carbons (Fsp3) is 0.600. The Morgan fingerprint density at radius 1 is 1.61 bits per heavy atom. The number of rotatable bonds is 6. The first kappa shape index (κ1) is 14.9. The number of carbonyl (C=O) groups is 1. The van der Waals surface area contributed by atoms with E-state index in [1.807, 2.05) is 6.92 Å². The predicted molar refractivity (Wildman–Crippen MR) is 76.6 cm³/mol. The van der Waals surface area contributed by atoms with Crippen LogP contribution in [0.2, 0.25) is 0 Å². The number of nitrogens with zero attached hydrogens (tertiary/aromatic N) is 1. The average Bonchev–Trinajstić information content (AvgIpc) is 2.68. The van der Waals surface area contributed by atoms with Gasteiger partial charge in [-0.25, -0.2) is 4.98 Å². The van der Waals surface area contributed by atoms with E-state index < -0.39 is 10.8 Å². The Labute approximate surface area is 113 Å². The summed E-state index contributed by atoms with van der Waals surface area (Å²) < 4.78 is 11.0. The molecule has 0 saturated carbocycles. The molecule has 6 nitrogen and oxygen atoms in total. The van der Waals surface area contributed by atoms with Crippen molar-refractivity contribution < 1.29 is 9.00 Å². The maximum atomic E-state index is 11.9. The Kier molecular flexibility index (Phi) is 5.54. The normalized spacial score (nSPS) is 13.9. The predicted octanol–water partition coefficient (Wildman–Crippen LogP) is 0.654. The Balaban J connectivity index is 2.58. The Bertz CT molecular complexity index is 447. The molecule has 0 radical (unpaired) electrons. The van der Waals surface area contributed by atoms with Crippen molar-refractivity contribution in [2.45, 2.75) is 19.4 Å². The van der Waals surface area contributed by atoms with Gasteiger partial charge in [0.2, 0.25) is 0 Å². The van der Waals surface area contributed by atoms with Gasteiger partial charge in [0, 0.05) is 35.9 Å². The van der Waals surface area contributed by atoms with Crippen LogP contribution in [0.4, 0.5) is 10.9 Å². The van der Waals surface area contributed by atoms with Crippen molar-refractivity contribution in [1.82, 2.24) is 10.3 Å². The van der Waals surface area contributed by atoms with Gasteiger partial charge >= 0.3 is 0 Å². The van der Waals surface area contributed by atoms with E-state index in [9.17, 15) is 9.00 Å². The zero-order valence-electron chi connectivity index (χ0n) is 10.6. The second-order valence-corrected chi connectivity index (χ2v) is 6.48. The van der Waals surface area contributed by atoms with Gasteiger partial charge in [0.05, 0.1) is 0 Å². The second-order valence-electron chi connectivity index (χ2n) is 3.92. The van der Waals surface area contributed by atoms with Crippen LogP contribution in [0, 0.1) is 0 Å². The molecular weight excluding hydrogens is 272 g/mol. The third-order valence-electron chi connectivity index (χ3n) is 2.29. The molecular formula is C10H18N4O2S2. The number of hydrogen-bond acceptors (Lipinski definition) is 6. The topological polar surface area (TPSA) is 97.1 Å². The van der Waals surface area contributed by atoms with Crippen molar-refractivity contribution in [3.05, 3.63) is 4.88 Å². The minimum atomic E-state index is -0.843. The van der Waals surface area contributed by atoms with Gasteiger partial charge in [0.15, 0.2) is 5.13 Å². The molecule has 1 amide bonds. The lowest BCUT2D eigenvalue weighted by molar-refractivity contribution is 0.0944. The number of nitrogens with one attached hydrogen (secondary N) is 2.